The Bertz CT molecular complexity index is 1200. The molecule has 4 aromatic rings. The second kappa shape index (κ2) is 9.78. The number of pyridine rings is 1. The van der Waals surface area contributed by atoms with E-state index in [9.17, 15) is 4.79 Å². The lowest BCUT2D eigenvalue weighted by Crippen LogP contribution is -2.30. The van der Waals surface area contributed by atoms with E-state index in [1.165, 1.54) is 0 Å². The number of amides is 1. The maximum absolute atomic E-state index is 13.0. The molecule has 3 aromatic heterocycles. The Labute approximate surface area is 190 Å². The lowest BCUT2D eigenvalue weighted by Gasteiger charge is -2.17. The number of carbonyl (C=O) groups excluding carboxylic acids is 1. The Kier molecular flexibility index (Phi) is 6.65. The van der Waals surface area contributed by atoms with E-state index in [0.717, 1.165) is 40.7 Å². The van der Waals surface area contributed by atoms with Crippen molar-refractivity contribution < 1.29 is 4.79 Å². The number of thioether (sulfide) groups is 1. The molecule has 0 aliphatic carbocycles. The summed E-state index contributed by atoms with van der Waals surface area (Å²) >= 11 is 1.73. The minimum atomic E-state index is -0.242. The van der Waals surface area contributed by atoms with E-state index >= 15 is 0 Å². The summed E-state index contributed by atoms with van der Waals surface area (Å²) in [4.78, 5) is 21.8. The van der Waals surface area contributed by atoms with Crippen molar-refractivity contribution in [3.63, 3.8) is 0 Å². The first kappa shape index (κ1) is 21.8. The van der Waals surface area contributed by atoms with E-state index in [-0.39, 0.29) is 11.9 Å². The van der Waals surface area contributed by atoms with Crippen molar-refractivity contribution in [1.82, 2.24) is 29.9 Å². The molecule has 2 N–H and O–H groups in total. The number of hydrogen-bond donors (Lipinski definition) is 2. The van der Waals surface area contributed by atoms with Crippen LogP contribution < -0.4 is 10.6 Å². The van der Waals surface area contributed by atoms with Crippen molar-refractivity contribution in [2.24, 2.45) is 0 Å². The summed E-state index contributed by atoms with van der Waals surface area (Å²) in [6.07, 6.45) is 4.72. The Morgan fingerprint density at radius 3 is 2.53 bits per heavy atom. The van der Waals surface area contributed by atoms with Crippen LogP contribution in [0.5, 0.6) is 0 Å². The highest BCUT2D eigenvalue weighted by Crippen LogP contribution is 2.20. The third kappa shape index (κ3) is 5.05. The normalized spacial score (nSPS) is 12.0. The van der Waals surface area contributed by atoms with Gasteiger partial charge in [0.2, 0.25) is 5.95 Å². The number of nitrogens with one attached hydrogen (secondary N) is 2. The molecule has 0 spiro atoms. The number of rotatable bonds is 8. The van der Waals surface area contributed by atoms with Crippen molar-refractivity contribution in [1.29, 1.82) is 0 Å². The van der Waals surface area contributed by atoms with E-state index in [0.29, 0.717) is 11.5 Å². The van der Waals surface area contributed by atoms with Gasteiger partial charge >= 0.3 is 0 Å². The fourth-order valence-electron chi connectivity index (χ4n) is 3.46. The topological polar surface area (TPSA) is 97.1 Å². The van der Waals surface area contributed by atoms with Crippen LogP contribution in [0, 0.1) is 13.8 Å². The summed E-state index contributed by atoms with van der Waals surface area (Å²) in [5.74, 6) is 2.01. The Morgan fingerprint density at radius 1 is 1.06 bits per heavy atom. The third-order valence-electron chi connectivity index (χ3n) is 4.95. The molecule has 0 unspecified atom stereocenters. The van der Waals surface area contributed by atoms with Crippen LogP contribution in [-0.4, -0.2) is 42.5 Å². The average molecular weight is 448 g/mol. The molecule has 8 nitrogen and oxygen atoms in total. The van der Waals surface area contributed by atoms with Gasteiger partial charge < -0.3 is 10.6 Å². The van der Waals surface area contributed by atoms with Gasteiger partial charge in [-0.3, -0.25) is 9.20 Å². The minimum Gasteiger partial charge on any atom is -0.342 e. The molecule has 9 heteroatoms. The minimum absolute atomic E-state index is 0.155. The van der Waals surface area contributed by atoms with Crippen LogP contribution in [0.15, 0.2) is 54.7 Å². The number of aromatic nitrogens is 5. The van der Waals surface area contributed by atoms with Crippen molar-refractivity contribution >= 4 is 35.0 Å². The van der Waals surface area contributed by atoms with Gasteiger partial charge in [0.1, 0.15) is 0 Å². The van der Waals surface area contributed by atoms with Crippen LogP contribution in [0.1, 0.15) is 40.0 Å². The van der Waals surface area contributed by atoms with Gasteiger partial charge in [-0.1, -0.05) is 6.07 Å². The first-order chi connectivity index (χ1) is 15.5. The van der Waals surface area contributed by atoms with Gasteiger partial charge in [0.15, 0.2) is 11.5 Å². The second-order valence-electron chi connectivity index (χ2n) is 7.47. The molecule has 0 saturated heterocycles. The zero-order valence-corrected chi connectivity index (χ0v) is 19.1. The molecule has 3 heterocycles. The van der Waals surface area contributed by atoms with Gasteiger partial charge in [0, 0.05) is 28.8 Å². The molecule has 0 aliphatic heterocycles. The number of hydrogen-bond acceptors (Lipinski definition) is 7. The van der Waals surface area contributed by atoms with Gasteiger partial charge in [-0.05, 0) is 74.7 Å². The number of aryl methyl sites for hydroxylation is 2. The molecular formula is C23H25N7OS. The van der Waals surface area contributed by atoms with E-state index in [2.05, 4.69) is 30.8 Å². The van der Waals surface area contributed by atoms with E-state index in [1.807, 2.05) is 67.1 Å². The predicted octanol–water partition coefficient (Wildman–Crippen LogP) is 4.10. The van der Waals surface area contributed by atoms with Crippen molar-refractivity contribution in [2.75, 3.05) is 17.3 Å². The highest BCUT2D eigenvalue weighted by Gasteiger charge is 2.21. The average Bonchev–Trinajstić information content (AvgIpc) is 3.20. The summed E-state index contributed by atoms with van der Waals surface area (Å²) in [5, 5.41) is 14.9. The Morgan fingerprint density at radius 2 is 1.81 bits per heavy atom. The van der Waals surface area contributed by atoms with Crippen molar-refractivity contribution in [3.05, 3.63) is 77.5 Å². The molecule has 1 atom stereocenters. The molecule has 1 aromatic carbocycles. The Hall–Kier alpha value is -3.46. The van der Waals surface area contributed by atoms with Crippen LogP contribution >= 0.6 is 11.8 Å². The van der Waals surface area contributed by atoms with Crippen LogP contribution in [-0.2, 0) is 0 Å². The lowest BCUT2D eigenvalue weighted by atomic mass is 10.1. The quantitative estimate of drug-likeness (QED) is 0.420. The molecule has 4 rings (SSSR count). The van der Waals surface area contributed by atoms with Crippen LogP contribution in [0.2, 0.25) is 0 Å². The highest BCUT2D eigenvalue weighted by atomic mass is 32.2. The molecule has 0 aliphatic rings. The van der Waals surface area contributed by atoms with Gasteiger partial charge in [-0.15, -0.1) is 10.2 Å². The zero-order valence-electron chi connectivity index (χ0n) is 18.2. The smallest absolute Gasteiger partial charge is 0.251 e. The predicted molar refractivity (Wildman–Crippen MR) is 127 cm³/mol. The zero-order chi connectivity index (χ0) is 22.5. The molecule has 0 radical (unpaired) electrons. The molecule has 164 valence electrons. The number of nitrogens with zero attached hydrogens (tertiary/aromatic N) is 5. The standard InChI is InChI=1S/C23H25N7OS/c1-15-14-16(2)25-23(24-15)26-18-9-7-17(8-10-18)22(31)27-19(11-13-32-3)21-29-28-20-6-4-5-12-30(20)21/h4-10,12,14,19H,11,13H2,1-3H3,(H,27,31)(H,24,25,26)/t19-/m1/s1. The maximum atomic E-state index is 13.0. The third-order valence-corrected chi connectivity index (χ3v) is 5.60. The molecule has 32 heavy (non-hydrogen) atoms. The highest BCUT2D eigenvalue weighted by molar-refractivity contribution is 7.98. The van der Waals surface area contributed by atoms with Crippen molar-refractivity contribution in [2.45, 2.75) is 26.3 Å². The van der Waals surface area contributed by atoms with E-state index in [4.69, 9.17) is 0 Å². The molecule has 0 saturated carbocycles. The number of carbonyl (C=O) groups is 1. The van der Waals surface area contributed by atoms with Gasteiger partial charge in [-0.2, -0.15) is 11.8 Å². The van der Waals surface area contributed by atoms with E-state index in [1.54, 1.807) is 23.9 Å². The first-order valence-corrected chi connectivity index (χ1v) is 11.7. The molecule has 0 fully saturated rings. The number of benzene rings is 1. The summed E-state index contributed by atoms with van der Waals surface area (Å²) in [7, 11) is 0. The molecule has 1 amide bonds. The van der Waals surface area contributed by atoms with Gasteiger partial charge in [0.05, 0.1) is 6.04 Å². The summed E-state index contributed by atoms with van der Waals surface area (Å²) in [5.41, 5.74) is 3.94. The van der Waals surface area contributed by atoms with Gasteiger partial charge in [0.25, 0.3) is 5.91 Å². The maximum Gasteiger partial charge on any atom is 0.251 e. The molecule has 0 bridgehead atoms. The fourth-order valence-corrected chi connectivity index (χ4v) is 3.93. The van der Waals surface area contributed by atoms with Crippen LogP contribution in [0.4, 0.5) is 11.6 Å². The van der Waals surface area contributed by atoms with Gasteiger partial charge in [-0.25, -0.2) is 9.97 Å². The summed E-state index contributed by atoms with van der Waals surface area (Å²) in [6.45, 7) is 3.86. The second-order valence-corrected chi connectivity index (χ2v) is 8.46. The largest absolute Gasteiger partial charge is 0.342 e. The first-order valence-electron chi connectivity index (χ1n) is 10.3. The number of anilines is 2. The SMILES string of the molecule is CSCC[C@@H](NC(=O)c1ccc(Nc2nc(C)cc(C)n2)cc1)c1nnc2ccccn12. The lowest BCUT2D eigenvalue weighted by molar-refractivity contribution is 0.0934. The van der Waals surface area contributed by atoms with Crippen molar-refractivity contribution in [3.8, 4) is 0 Å². The summed E-state index contributed by atoms with van der Waals surface area (Å²) in [6, 6.07) is 14.7. The number of fused-ring (bicyclic) bond motifs is 1. The fraction of sp³-hybridized carbons (Fsp3) is 0.261. The van der Waals surface area contributed by atoms with Crippen LogP contribution in [0.3, 0.4) is 0 Å². The monoisotopic (exact) mass is 447 g/mol. The Balaban J connectivity index is 1.49. The molecular weight excluding hydrogens is 422 g/mol. The summed E-state index contributed by atoms with van der Waals surface area (Å²) < 4.78 is 1.92. The van der Waals surface area contributed by atoms with Crippen LogP contribution in [0.25, 0.3) is 5.65 Å². The van der Waals surface area contributed by atoms with E-state index < -0.39 is 0 Å².